The Morgan fingerprint density at radius 1 is 0.579 bits per heavy atom. The van der Waals surface area contributed by atoms with E-state index >= 15 is 0 Å². The van der Waals surface area contributed by atoms with Crippen LogP contribution in [-0.2, 0) is 21.1 Å². The topological polar surface area (TPSA) is 54.8 Å². The van der Waals surface area contributed by atoms with Crippen LogP contribution in [0.2, 0.25) is 0 Å². The van der Waals surface area contributed by atoms with Crippen molar-refractivity contribution in [2.75, 3.05) is 4.90 Å². The Kier molecular flexibility index (Phi) is 7.87. The Morgan fingerprint density at radius 2 is 1.03 bits per heavy atom. The summed E-state index contributed by atoms with van der Waals surface area (Å²) in [6.07, 6.45) is 0. The number of rotatable bonds is 5. The van der Waals surface area contributed by atoms with Crippen LogP contribution in [-0.4, -0.2) is 19.9 Å². The van der Waals surface area contributed by atoms with Crippen molar-refractivity contribution in [2.24, 2.45) is 0 Å². The molecule has 5 aromatic rings. The van der Waals surface area contributed by atoms with Gasteiger partial charge in [0, 0.05) is 17.8 Å². The first-order chi connectivity index (χ1) is 17.8. The Bertz CT molecular complexity index is 1520. The maximum Gasteiger partial charge on any atom is 2.00 e. The summed E-state index contributed by atoms with van der Waals surface area (Å²) in [4.78, 5) is 15.9. The number of anilines is 3. The van der Waals surface area contributed by atoms with Gasteiger partial charge < -0.3 is 0 Å². The smallest absolute Gasteiger partial charge is 0.291 e. The van der Waals surface area contributed by atoms with Crippen LogP contribution >= 0.6 is 0 Å². The minimum absolute atomic E-state index is 0. The quantitative estimate of drug-likeness (QED) is 0.119. The summed E-state index contributed by atoms with van der Waals surface area (Å²) in [5.74, 6) is -6.87. The van der Waals surface area contributed by atoms with Gasteiger partial charge in [-0.3, -0.25) is 24.8 Å². The summed E-state index contributed by atoms with van der Waals surface area (Å²) in [7, 11) is 0. The van der Waals surface area contributed by atoms with Gasteiger partial charge in [-0.05, 0) is 35.7 Å². The molecule has 12 heteroatoms. The van der Waals surface area contributed by atoms with Gasteiger partial charge in [-0.2, -0.15) is 0 Å². The molecular weight excluding hydrogens is 691 g/mol. The summed E-state index contributed by atoms with van der Waals surface area (Å²) < 4.78 is 84.7. The van der Waals surface area contributed by atoms with Gasteiger partial charge in [-0.15, -0.1) is 12.1 Å². The van der Waals surface area contributed by atoms with E-state index in [4.69, 9.17) is 0 Å². The summed E-state index contributed by atoms with van der Waals surface area (Å²) in [6.45, 7) is 0. The van der Waals surface area contributed by atoms with Gasteiger partial charge in [0.1, 0.15) is 47.1 Å². The molecule has 0 atom stereocenters. The first-order valence-corrected chi connectivity index (χ1v) is 10.5. The van der Waals surface area contributed by atoms with Gasteiger partial charge in [0.25, 0.3) is 0 Å². The van der Waals surface area contributed by atoms with E-state index in [1.807, 2.05) is 0 Å². The van der Waals surface area contributed by atoms with Gasteiger partial charge in [0.15, 0.2) is 0 Å². The summed E-state index contributed by atoms with van der Waals surface area (Å²) in [5.41, 5.74) is -1.03. The van der Waals surface area contributed by atoms with Gasteiger partial charge in [0.05, 0.1) is 0 Å². The average Bonchev–Trinajstić information content (AvgIpc) is 2.84. The number of hydrogen-bond donors (Lipinski definition) is 0. The number of hydrogen-bond acceptors (Lipinski definition) is 5. The molecule has 4 aromatic heterocycles. The van der Waals surface area contributed by atoms with E-state index in [-0.39, 0.29) is 44.1 Å². The molecule has 192 valence electrons. The first kappa shape index (κ1) is 26.9. The minimum atomic E-state index is -1.27. The molecule has 5 nitrogen and oxygen atoms in total. The Labute approximate surface area is 226 Å². The Morgan fingerprint density at radius 3 is 1.45 bits per heavy atom. The third kappa shape index (κ3) is 5.57. The molecule has 38 heavy (non-hydrogen) atoms. The van der Waals surface area contributed by atoms with Gasteiger partial charge >= 0.3 is 21.1 Å². The van der Waals surface area contributed by atoms with Crippen molar-refractivity contribution < 1.29 is 47.4 Å². The minimum Gasteiger partial charge on any atom is -0.291 e. The molecule has 0 bridgehead atoms. The van der Waals surface area contributed by atoms with E-state index in [1.165, 1.54) is 4.90 Å². The van der Waals surface area contributed by atoms with Crippen molar-refractivity contribution in [3.05, 3.63) is 114 Å². The van der Waals surface area contributed by atoms with Gasteiger partial charge in [0.2, 0.25) is 0 Å². The van der Waals surface area contributed by atoms with E-state index in [1.54, 1.807) is 30.3 Å². The number of aromatic nitrogens is 4. The fraction of sp³-hybridized carbons (Fsp3) is 0. The number of para-hydroxylation sites is 1. The summed E-state index contributed by atoms with van der Waals surface area (Å²) >= 11 is 0. The van der Waals surface area contributed by atoms with Crippen molar-refractivity contribution in [2.45, 2.75) is 0 Å². The summed E-state index contributed by atoms with van der Waals surface area (Å²) in [6, 6.07) is 18.0. The maximum atomic E-state index is 14.7. The molecule has 5 rings (SSSR count). The van der Waals surface area contributed by atoms with Crippen LogP contribution in [0.15, 0.2) is 66.7 Å². The monoisotopic (exact) mass is 702 g/mol. The zero-order chi connectivity index (χ0) is 26.1. The Hall–Kier alpha value is -4.11. The predicted octanol–water partition coefficient (Wildman–Crippen LogP) is 6.50. The van der Waals surface area contributed by atoms with Crippen LogP contribution in [0, 0.1) is 47.6 Å². The fourth-order valence-corrected chi connectivity index (χ4v) is 3.52. The Balaban J connectivity index is 0.00000336. The number of pyridine rings is 4. The molecule has 0 amide bonds. The molecule has 0 saturated carbocycles. The SMILES string of the molecule is Fc1cc(-c2[c-]cc(F)nc2F)nc(N(c2ccccc2)c2cc(F)cc(-c3[c-]cc(F)nc3F)n2)c1.[Pt+2]. The average molecular weight is 702 g/mol. The number of nitrogens with zero attached hydrogens (tertiary/aromatic N) is 5. The molecule has 4 heterocycles. The van der Waals surface area contributed by atoms with Crippen molar-refractivity contribution in [1.82, 2.24) is 19.9 Å². The van der Waals surface area contributed by atoms with E-state index in [0.717, 1.165) is 36.4 Å². The van der Waals surface area contributed by atoms with E-state index in [9.17, 15) is 26.3 Å². The molecule has 1 aromatic carbocycles. The number of benzene rings is 1. The third-order valence-corrected chi connectivity index (χ3v) is 5.03. The molecule has 0 unspecified atom stereocenters. The standard InChI is InChI=1S/C26H11F6N5.Pt/c27-14-10-19(17-6-8-21(29)35-25(17)31)33-23(12-14)37(16-4-2-1-3-5-16)24-13-15(28)11-20(34-24)18-7-9-22(30)36-26(18)32;/h1-5,8-13H;/q-2;+2. The second-order valence-corrected chi connectivity index (χ2v) is 7.51. The van der Waals surface area contributed by atoms with Gasteiger partial charge in [-0.1, -0.05) is 41.5 Å². The van der Waals surface area contributed by atoms with E-state index in [0.29, 0.717) is 5.69 Å². The second-order valence-electron chi connectivity index (χ2n) is 7.51. The van der Waals surface area contributed by atoms with Crippen LogP contribution < -0.4 is 4.90 Å². The zero-order valence-electron chi connectivity index (χ0n) is 18.7. The zero-order valence-corrected chi connectivity index (χ0v) is 20.9. The molecule has 0 saturated heterocycles. The molecular formula is C26H11F6N5Pt. The third-order valence-electron chi connectivity index (χ3n) is 5.03. The predicted molar refractivity (Wildman–Crippen MR) is 121 cm³/mol. The van der Waals surface area contributed by atoms with E-state index < -0.39 is 46.6 Å². The second kappa shape index (κ2) is 11.1. The normalized spacial score (nSPS) is 10.7. The van der Waals surface area contributed by atoms with Crippen molar-refractivity contribution in [3.8, 4) is 22.5 Å². The van der Waals surface area contributed by atoms with Crippen molar-refractivity contribution >= 4 is 17.3 Å². The van der Waals surface area contributed by atoms with Crippen LogP contribution in [0.25, 0.3) is 22.5 Å². The molecule has 0 aliphatic heterocycles. The first-order valence-electron chi connectivity index (χ1n) is 10.5. The van der Waals surface area contributed by atoms with Crippen LogP contribution in [0.3, 0.4) is 0 Å². The molecule has 0 aliphatic rings. The fourth-order valence-electron chi connectivity index (χ4n) is 3.52. The van der Waals surface area contributed by atoms with E-state index in [2.05, 4.69) is 32.1 Å². The maximum absolute atomic E-state index is 14.7. The number of halogens is 6. The molecule has 0 radical (unpaired) electrons. The van der Waals surface area contributed by atoms with Crippen LogP contribution in [0.4, 0.5) is 43.7 Å². The van der Waals surface area contributed by atoms with Crippen LogP contribution in [0.5, 0.6) is 0 Å². The van der Waals surface area contributed by atoms with Crippen LogP contribution in [0.1, 0.15) is 0 Å². The molecule has 0 fully saturated rings. The largest absolute Gasteiger partial charge is 2.00 e. The molecule has 0 N–H and O–H groups in total. The molecule has 0 spiro atoms. The van der Waals surface area contributed by atoms with Gasteiger partial charge in [-0.25, -0.2) is 26.3 Å². The summed E-state index contributed by atoms with van der Waals surface area (Å²) in [5, 5.41) is 0. The van der Waals surface area contributed by atoms with Crippen molar-refractivity contribution in [3.63, 3.8) is 0 Å². The molecule has 0 aliphatic carbocycles. The van der Waals surface area contributed by atoms with Crippen molar-refractivity contribution in [1.29, 1.82) is 0 Å².